The molecular weight excluding hydrogens is 256 g/mol. The molecule has 2 rings (SSSR count). The molecule has 0 amide bonds. The van der Waals surface area contributed by atoms with E-state index < -0.39 is 11.9 Å². The molecule has 0 aromatic heterocycles. The van der Waals surface area contributed by atoms with Gasteiger partial charge in [-0.2, -0.15) is 0 Å². The Bertz CT molecular complexity index is 527. The lowest BCUT2D eigenvalue weighted by atomic mass is 9.66. The van der Waals surface area contributed by atoms with E-state index in [1.807, 2.05) is 0 Å². The maximum absolute atomic E-state index is 11.5. The summed E-state index contributed by atoms with van der Waals surface area (Å²) in [7, 11) is 0. The van der Waals surface area contributed by atoms with E-state index in [0.29, 0.717) is 5.56 Å². The lowest BCUT2D eigenvalue weighted by Crippen LogP contribution is -2.30. The lowest BCUT2D eigenvalue weighted by molar-refractivity contribution is 0.0677. The largest absolute Gasteiger partial charge is 0.478 e. The Labute approximate surface area is 118 Å². The number of benzene rings is 1. The van der Waals surface area contributed by atoms with Gasteiger partial charge in [-0.05, 0) is 48.4 Å². The summed E-state index contributed by atoms with van der Waals surface area (Å²) < 4.78 is 0. The lowest BCUT2D eigenvalue weighted by Gasteiger charge is -2.38. The summed E-state index contributed by atoms with van der Waals surface area (Å²) in [6.45, 7) is 2.06. The van der Waals surface area contributed by atoms with Gasteiger partial charge in [0.2, 0.25) is 0 Å². The summed E-state index contributed by atoms with van der Waals surface area (Å²) in [6, 6.07) is 4.38. The van der Waals surface area contributed by atoms with Gasteiger partial charge in [0.05, 0.1) is 11.1 Å². The Hall–Kier alpha value is -1.84. The molecular formula is C16H20O4. The number of rotatable bonds is 4. The Kier molecular flexibility index (Phi) is 4.12. The maximum Gasteiger partial charge on any atom is 0.335 e. The van der Waals surface area contributed by atoms with Gasteiger partial charge < -0.3 is 10.2 Å². The molecule has 0 heterocycles. The van der Waals surface area contributed by atoms with Crippen molar-refractivity contribution in [3.05, 3.63) is 34.9 Å². The zero-order valence-corrected chi connectivity index (χ0v) is 11.7. The summed E-state index contributed by atoms with van der Waals surface area (Å²) in [5.41, 5.74) is 0.937. The van der Waals surface area contributed by atoms with Gasteiger partial charge >= 0.3 is 11.9 Å². The van der Waals surface area contributed by atoms with Gasteiger partial charge in [0.1, 0.15) is 0 Å². The molecule has 0 spiro atoms. The first kappa shape index (κ1) is 14.6. The van der Waals surface area contributed by atoms with Gasteiger partial charge in [-0.1, -0.05) is 26.2 Å². The van der Waals surface area contributed by atoms with Gasteiger partial charge in [-0.3, -0.25) is 0 Å². The molecule has 1 aliphatic rings. The molecule has 0 unspecified atom stereocenters. The summed E-state index contributed by atoms with van der Waals surface area (Å²) in [5.74, 6) is -1.99. The SMILES string of the molecule is CCC1(c2cc(C(=O)O)ccc2C(=O)O)CCCCC1. The first-order valence-electron chi connectivity index (χ1n) is 7.11. The molecule has 1 saturated carbocycles. The van der Waals surface area contributed by atoms with E-state index in [2.05, 4.69) is 6.92 Å². The Morgan fingerprint density at radius 2 is 1.75 bits per heavy atom. The first-order chi connectivity index (χ1) is 9.50. The van der Waals surface area contributed by atoms with Crippen molar-refractivity contribution < 1.29 is 19.8 Å². The molecule has 4 heteroatoms. The fourth-order valence-electron chi connectivity index (χ4n) is 3.34. The highest BCUT2D eigenvalue weighted by Gasteiger charge is 2.35. The summed E-state index contributed by atoms with van der Waals surface area (Å²) in [6.07, 6.45) is 6.03. The van der Waals surface area contributed by atoms with Gasteiger partial charge in [0, 0.05) is 0 Å². The number of carbonyl (C=O) groups is 2. The minimum absolute atomic E-state index is 0.170. The van der Waals surface area contributed by atoms with Crippen LogP contribution in [0.25, 0.3) is 0 Å². The molecule has 20 heavy (non-hydrogen) atoms. The van der Waals surface area contributed by atoms with E-state index in [1.165, 1.54) is 18.6 Å². The van der Waals surface area contributed by atoms with Crippen LogP contribution < -0.4 is 0 Å². The van der Waals surface area contributed by atoms with E-state index in [9.17, 15) is 14.7 Å². The molecule has 0 saturated heterocycles. The highest BCUT2D eigenvalue weighted by Crippen LogP contribution is 2.43. The minimum Gasteiger partial charge on any atom is -0.478 e. The van der Waals surface area contributed by atoms with Crippen LogP contribution in [-0.2, 0) is 5.41 Å². The van der Waals surface area contributed by atoms with Crippen LogP contribution in [-0.4, -0.2) is 22.2 Å². The van der Waals surface area contributed by atoms with E-state index in [1.54, 1.807) is 6.07 Å². The maximum atomic E-state index is 11.5. The van der Waals surface area contributed by atoms with E-state index in [4.69, 9.17) is 5.11 Å². The highest BCUT2D eigenvalue weighted by molar-refractivity contribution is 5.93. The average molecular weight is 276 g/mol. The van der Waals surface area contributed by atoms with Crippen molar-refractivity contribution in [1.82, 2.24) is 0 Å². The van der Waals surface area contributed by atoms with Gasteiger partial charge in [-0.25, -0.2) is 9.59 Å². The minimum atomic E-state index is -1.01. The predicted octanol–water partition coefficient (Wildman–Crippen LogP) is 3.69. The summed E-state index contributed by atoms with van der Waals surface area (Å²) in [5, 5.41) is 18.5. The fourth-order valence-corrected chi connectivity index (χ4v) is 3.34. The molecule has 1 aromatic carbocycles. The van der Waals surface area contributed by atoms with Crippen LogP contribution in [0.2, 0.25) is 0 Å². The summed E-state index contributed by atoms with van der Waals surface area (Å²) >= 11 is 0. The number of carboxylic acids is 2. The second-order valence-corrected chi connectivity index (χ2v) is 5.57. The third-order valence-corrected chi connectivity index (χ3v) is 4.56. The topological polar surface area (TPSA) is 74.6 Å². The molecule has 0 atom stereocenters. The second-order valence-electron chi connectivity index (χ2n) is 5.57. The molecule has 0 aliphatic heterocycles. The monoisotopic (exact) mass is 276 g/mol. The average Bonchev–Trinajstić information content (AvgIpc) is 2.47. The molecule has 108 valence electrons. The van der Waals surface area contributed by atoms with Crippen molar-refractivity contribution in [1.29, 1.82) is 0 Å². The van der Waals surface area contributed by atoms with Gasteiger partial charge in [-0.15, -0.1) is 0 Å². The number of hydrogen-bond acceptors (Lipinski definition) is 2. The predicted molar refractivity (Wildman–Crippen MR) is 75.4 cm³/mol. The van der Waals surface area contributed by atoms with Crippen LogP contribution >= 0.6 is 0 Å². The molecule has 1 fully saturated rings. The number of carboxylic acid groups (broad SMARTS) is 2. The molecule has 4 nitrogen and oxygen atoms in total. The third kappa shape index (κ3) is 2.55. The van der Waals surface area contributed by atoms with Crippen molar-refractivity contribution in [3.8, 4) is 0 Å². The van der Waals surface area contributed by atoms with Gasteiger partial charge in [0.25, 0.3) is 0 Å². The zero-order chi connectivity index (χ0) is 14.8. The standard InChI is InChI=1S/C16H20O4/c1-2-16(8-4-3-5-9-16)13-10-11(14(17)18)6-7-12(13)15(19)20/h6-7,10H,2-5,8-9H2,1H3,(H,17,18)(H,19,20). The van der Waals surface area contributed by atoms with Crippen molar-refractivity contribution in [3.63, 3.8) is 0 Å². The Morgan fingerprint density at radius 1 is 1.10 bits per heavy atom. The molecule has 0 bridgehead atoms. The van der Waals surface area contributed by atoms with Crippen LogP contribution in [0.3, 0.4) is 0 Å². The molecule has 0 radical (unpaired) electrons. The van der Waals surface area contributed by atoms with E-state index >= 15 is 0 Å². The normalized spacial score (nSPS) is 17.6. The molecule has 1 aromatic rings. The summed E-state index contributed by atoms with van der Waals surface area (Å²) in [4.78, 5) is 22.6. The number of hydrogen-bond donors (Lipinski definition) is 2. The van der Waals surface area contributed by atoms with Crippen LogP contribution in [0.5, 0.6) is 0 Å². The third-order valence-electron chi connectivity index (χ3n) is 4.56. The van der Waals surface area contributed by atoms with E-state index in [0.717, 1.165) is 32.1 Å². The van der Waals surface area contributed by atoms with Crippen molar-refractivity contribution in [2.45, 2.75) is 50.9 Å². The number of aromatic carboxylic acids is 2. The highest BCUT2D eigenvalue weighted by atomic mass is 16.4. The van der Waals surface area contributed by atoms with Crippen molar-refractivity contribution in [2.75, 3.05) is 0 Å². The van der Waals surface area contributed by atoms with Crippen LogP contribution in [0.1, 0.15) is 71.7 Å². The van der Waals surface area contributed by atoms with E-state index in [-0.39, 0.29) is 16.5 Å². The quantitative estimate of drug-likeness (QED) is 0.879. The molecule has 1 aliphatic carbocycles. The van der Waals surface area contributed by atoms with Crippen molar-refractivity contribution in [2.24, 2.45) is 0 Å². The first-order valence-corrected chi connectivity index (χ1v) is 7.11. The zero-order valence-electron chi connectivity index (χ0n) is 11.7. The van der Waals surface area contributed by atoms with Crippen LogP contribution in [0.4, 0.5) is 0 Å². The second kappa shape index (κ2) is 5.65. The molecule has 2 N–H and O–H groups in total. The van der Waals surface area contributed by atoms with Crippen LogP contribution in [0, 0.1) is 0 Å². The Balaban J connectivity index is 2.58. The van der Waals surface area contributed by atoms with Gasteiger partial charge in [0.15, 0.2) is 0 Å². The Morgan fingerprint density at radius 3 is 2.25 bits per heavy atom. The fraction of sp³-hybridized carbons (Fsp3) is 0.500. The smallest absolute Gasteiger partial charge is 0.335 e. The van der Waals surface area contributed by atoms with Crippen LogP contribution in [0.15, 0.2) is 18.2 Å². The van der Waals surface area contributed by atoms with Crippen molar-refractivity contribution >= 4 is 11.9 Å².